The second-order valence-electron chi connectivity index (χ2n) is 6.74. The highest BCUT2D eigenvalue weighted by molar-refractivity contribution is 7.90. The molecule has 1 aliphatic carbocycles. The molecule has 0 aromatic rings. The fourth-order valence-electron chi connectivity index (χ4n) is 3.23. The molecule has 2 N–H and O–H groups in total. The Labute approximate surface area is 133 Å². The maximum Gasteiger partial charge on any atom is 0.236 e. The van der Waals surface area contributed by atoms with E-state index in [2.05, 4.69) is 17.0 Å². The van der Waals surface area contributed by atoms with E-state index in [-0.39, 0.29) is 18.2 Å². The minimum atomic E-state index is -3.57. The molecule has 0 aromatic carbocycles. The Morgan fingerprint density at radius 3 is 2.50 bits per heavy atom. The van der Waals surface area contributed by atoms with Gasteiger partial charge in [-0.3, -0.25) is 4.79 Å². The molecule has 2 atom stereocenters. The number of ether oxygens (including phenoxy) is 1. The first-order valence-electron chi connectivity index (χ1n) is 8.26. The van der Waals surface area contributed by atoms with E-state index >= 15 is 0 Å². The van der Waals surface area contributed by atoms with Gasteiger partial charge in [-0.05, 0) is 51.4 Å². The lowest BCUT2D eigenvalue weighted by molar-refractivity contribution is -0.120. The van der Waals surface area contributed by atoms with Gasteiger partial charge in [-0.2, -0.15) is 0 Å². The summed E-state index contributed by atoms with van der Waals surface area (Å²) in [6.07, 6.45) is 5.69. The summed E-state index contributed by atoms with van der Waals surface area (Å²) in [5.41, 5.74) is 0. The molecule has 0 bridgehead atoms. The van der Waals surface area contributed by atoms with Crippen LogP contribution in [0.5, 0.6) is 0 Å². The van der Waals surface area contributed by atoms with Gasteiger partial charge >= 0.3 is 0 Å². The number of amides is 1. The summed E-state index contributed by atoms with van der Waals surface area (Å²) >= 11 is 0. The fraction of sp³-hybridized carbons (Fsp3) is 0.933. The standard InChI is InChI=1S/C15H28N2O4S/c1-11-5-7-13(8-6-11)17-22(19,20)10-15(18)16-12(2)14-4-3-9-21-14/h11-14,17H,3-10H2,1-2H3,(H,16,18)/t11?,12-,13?,14+/m0/s1. The second kappa shape index (κ2) is 7.75. The van der Waals surface area contributed by atoms with Gasteiger partial charge in [0.2, 0.25) is 15.9 Å². The molecule has 1 heterocycles. The molecule has 2 fully saturated rings. The van der Waals surface area contributed by atoms with Gasteiger partial charge in [-0.1, -0.05) is 6.92 Å². The van der Waals surface area contributed by atoms with Gasteiger partial charge in [0.1, 0.15) is 5.75 Å². The van der Waals surface area contributed by atoms with E-state index in [4.69, 9.17) is 4.74 Å². The lowest BCUT2D eigenvalue weighted by Crippen LogP contribution is -2.46. The average Bonchev–Trinajstić information content (AvgIpc) is 2.94. The summed E-state index contributed by atoms with van der Waals surface area (Å²) in [5.74, 6) is -0.299. The maximum absolute atomic E-state index is 12.1. The Morgan fingerprint density at radius 2 is 1.91 bits per heavy atom. The molecule has 7 heteroatoms. The van der Waals surface area contributed by atoms with E-state index in [0.29, 0.717) is 12.5 Å². The van der Waals surface area contributed by atoms with Gasteiger partial charge in [0, 0.05) is 12.6 Å². The predicted molar refractivity (Wildman–Crippen MR) is 84.9 cm³/mol. The van der Waals surface area contributed by atoms with Gasteiger partial charge in [0.15, 0.2) is 0 Å². The number of rotatable bonds is 6. The normalized spacial score (nSPS) is 30.9. The molecule has 1 saturated heterocycles. The third-order valence-corrected chi connectivity index (χ3v) is 5.93. The van der Waals surface area contributed by atoms with Crippen molar-refractivity contribution in [2.45, 2.75) is 70.6 Å². The van der Waals surface area contributed by atoms with Crippen LogP contribution in [0.3, 0.4) is 0 Å². The number of carbonyl (C=O) groups is 1. The molecule has 2 aliphatic rings. The quantitative estimate of drug-likeness (QED) is 0.765. The number of hydrogen-bond donors (Lipinski definition) is 2. The minimum Gasteiger partial charge on any atom is -0.376 e. The van der Waals surface area contributed by atoms with Crippen molar-refractivity contribution >= 4 is 15.9 Å². The number of nitrogens with one attached hydrogen (secondary N) is 2. The van der Waals surface area contributed by atoms with E-state index in [1.807, 2.05) is 6.92 Å². The molecule has 6 nitrogen and oxygen atoms in total. The highest BCUT2D eigenvalue weighted by Gasteiger charge is 2.27. The first-order chi connectivity index (χ1) is 10.4. The Morgan fingerprint density at radius 1 is 1.23 bits per heavy atom. The molecule has 1 saturated carbocycles. The molecule has 0 radical (unpaired) electrons. The van der Waals surface area contributed by atoms with Gasteiger partial charge in [-0.15, -0.1) is 0 Å². The van der Waals surface area contributed by atoms with Crippen LogP contribution in [-0.4, -0.2) is 44.9 Å². The van der Waals surface area contributed by atoms with Crippen molar-refractivity contribution in [1.29, 1.82) is 0 Å². The smallest absolute Gasteiger partial charge is 0.236 e. The summed E-state index contributed by atoms with van der Waals surface area (Å²) in [6, 6.07) is -0.176. The maximum atomic E-state index is 12.1. The van der Waals surface area contributed by atoms with Crippen LogP contribution in [0.15, 0.2) is 0 Å². The molecule has 1 amide bonds. The highest BCUT2D eigenvalue weighted by atomic mass is 32.2. The van der Waals surface area contributed by atoms with Gasteiger partial charge in [0.25, 0.3) is 0 Å². The molecule has 1 aliphatic heterocycles. The average molecular weight is 332 g/mol. The summed E-state index contributed by atoms with van der Waals surface area (Å²) in [6.45, 7) is 4.76. The van der Waals surface area contributed by atoms with Crippen molar-refractivity contribution in [3.05, 3.63) is 0 Å². The Balaban J connectivity index is 1.76. The zero-order valence-corrected chi connectivity index (χ0v) is 14.3. The Kier molecular flexibility index (Phi) is 6.23. The van der Waals surface area contributed by atoms with Crippen LogP contribution in [0.4, 0.5) is 0 Å². The SMILES string of the molecule is CC1CCC(NS(=O)(=O)CC(=O)N[C@@H](C)[C@H]2CCCO2)CC1. The van der Waals surface area contributed by atoms with Crippen molar-refractivity contribution in [3.63, 3.8) is 0 Å². The van der Waals surface area contributed by atoms with Gasteiger partial charge in [-0.25, -0.2) is 13.1 Å². The summed E-state index contributed by atoms with van der Waals surface area (Å²) in [7, 11) is -3.57. The van der Waals surface area contributed by atoms with E-state index < -0.39 is 21.7 Å². The number of carbonyl (C=O) groups excluding carboxylic acids is 1. The van der Waals surface area contributed by atoms with Crippen LogP contribution in [0.1, 0.15) is 52.4 Å². The Bertz CT molecular complexity index is 466. The molecule has 0 spiro atoms. The van der Waals surface area contributed by atoms with Crippen LogP contribution in [0, 0.1) is 5.92 Å². The topological polar surface area (TPSA) is 84.5 Å². The highest BCUT2D eigenvalue weighted by Crippen LogP contribution is 2.23. The molecule has 128 valence electrons. The first kappa shape index (κ1) is 17.7. The van der Waals surface area contributed by atoms with E-state index in [9.17, 15) is 13.2 Å². The zero-order chi connectivity index (χ0) is 16.2. The lowest BCUT2D eigenvalue weighted by Gasteiger charge is -2.26. The van der Waals surface area contributed by atoms with Crippen LogP contribution in [-0.2, 0) is 19.6 Å². The Hall–Kier alpha value is -0.660. The van der Waals surface area contributed by atoms with Crippen LogP contribution in [0.25, 0.3) is 0 Å². The molecule has 0 unspecified atom stereocenters. The summed E-state index contributed by atoms with van der Waals surface area (Å²) in [5, 5.41) is 2.74. The lowest BCUT2D eigenvalue weighted by atomic mass is 9.88. The summed E-state index contributed by atoms with van der Waals surface area (Å²) < 4.78 is 32.3. The van der Waals surface area contributed by atoms with E-state index in [1.165, 1.54) is 0 Å². The molecule has 2 rings (SSSR count). The monoisotopic (exact) mass is 332 g/mol. The summed E-state index contributed by atoms with van der Waals surface area (Å²) in [4.78, 5) is 11.9. The van der Waals surface area contributed by atoms with Gasteiger partial charge in [0.05, 0.1) is 12.1 Å². The first-order valence-corrected chi connectivity index (χ1v) is 9.92. The largest absolute Gasteiger partial charge is 0.376 e. The molecular formula is C15H28N2O4S. The van der Waals surface area contributed by atoms with Gasteiger partial charge < -0.3 is 10.1 Å². The third-order valence-electron chi connectivity index (χ3n) is 4.59. The third kappa shape index (κ3) is 5.52. The molecular weight excluding hydrogens is 304 g/mol. The van der Waals surface area contributed by atoms with Crippen molar-refractivity contribution in [2.24, 2.45) is 5.92 Å². The minimum absolute atomic E-state index is 0.000514. The fourth-order valence-corrected chi connectivity index (χ4v) is 4.49. The van der Waals surface area contributed by atoms with Crippen molar-refractivity contribution in [2.75, 3.05) is 12.4 Å². The number of sulfonamides is 1. The molecule has 0 aromatic heterocycles. The second-order valence-corrected chi connectivity index (χ2v) is 8.50. The van der Waals surface area contributed by atoms with E-state index in [1.54, 1.807) is 0 Å². The van der Waals surface area contributed by atoms with Crippen molar-refractivity contribution in [1.82, 2.24) is 10.0 Å². The van der Waals surface area contributed by atoms with E-state index in [0.717, 1.165) is 38.5 Å². The van der Waals surface area contributed by atoms with Crippen LogP contribution >= 0.6 is 0 Å². The van der Waals surface area contributed by atoms with Crippen LogP contribution < -0.4 is 10.0 Å². The molecule has 22 heavy (non-hydrogen) atoms. The van der Waals surface area contributed by atoms with Crippen molar-refractivity contribution in [3.8, 4) is 0 Å². The predicted octanol–water partition coefficient (Wildman–Crippen LogP) is 1.17. The van der Waals surface area contributed by atoms with Crippen LogP contribution in [0.2, 0.25) is 0 Å². The van der Waals surface area contributed by atoms with Crippen molar-refractivity contribution < 1.29 is 17.9 Å². The zero-order valence-electron chi connectivity index (χ0n) is 13.5. The number of hydrogen-bond acceptors (Lipinski definition) is 4.